The minimum Gasteiger partial charge on any atom is -0.337 e. The Hall–Kier alpha value is -1.73. The molecule has 0 aliphatic carbocycles. The standard InChI is InChI=1S/C16H19BrN4O2/c1-11-9-18-5-7-21(11)15(22)4-6-20-10-19-14-3-2-12(17)8-13(14)16(20)23/h2-3,8,10-11,18H,4-7,9H2,1H3. The van der Waals surface area contributed by atoms with E-state index in [1.54, 1.807) is 12.1 Å². The highest BCUT2D eigenvalue weighted by atomic mass is 79.9. The van der Waals surface area contributed by atoms with Crippen LogP contribution in [-0.4, -0.2) is 46.0 Å². The largest absolute Gasteiger partial charge is 0.337 e. The fraction of sp³-hybridized carbons (Fsp3) is 0.438. The Balaban J connectivity index is 1.75. The van der Waals surface area contributed by atoms with Crippen molar-refractivity contribution in [3.8, 4) is 0 Å². The molecule has 1 amide bonds. The number of piperazine rings is 1. The van der Waals surface area contributed by atoms with Crippen LogP contribution in [0.25, 0.3) is 10.9 Å². The van der Waals surface area contributed by atoms with Gasteiger partial charge in [0.05, 0.1) is 17.2 Å². The number of carbonyl (C=O) groups excluding carboxylic acids is 1. The molecule has 1 atom stereocenters. The molecule has 1 N–H and O–H groups in total. The van der Waals surface area contributed by atoms with Crippen molar-refractivity contribution < 1.29 is 4.79 Å². The van der Waals surface area contributed by atoms with E-state index in [4.69, 9.17) is 0 Å². The number of amides is 1. The van der Waals surface area contributed by atoms with Crippen LogP contribution in [0.4, 0.5) is 0 Å². The summed E-state index contributed by atoms with van der Waals surface area (Å²) in [5.74, 6) is 0.0836. The molecule has 1 fully saturated rings. The molecular weight excluding hydrogens is 360 g/mol. The van der Waals surface area contributed by atoms with Crippen LogP contribution < -0.4 is 10.9 Å². The molecule has 0 saturated carbocycles. The zero-order chi connectivity index (χ0) is 16.4. The van der Waals surface area contributed by atoms with Crippen molar-refractivity contribution in [3.63, 3.8) is 0 Å². The maximum Gasteiger partial charge on any atom is 0.261 e. The van der Waals surface area contributed by atoms with Crippen molar-refractivity contribution in [2.24, 2.45) is 0 Å². The first kappa shape index (κ1) is 16.1. The molecule has 7 heteroatoms. The summed E-state index contributed by atoms with van der Waals surface area (Å²) in [7, 11) is 0. The molecule has 0 bridgehead atoms. The molecule has 1 aliphatic rings. The van der Waals surface area contributed by atoms with Gasteiger partial charge in [-0.3, -0.25) is 14.2 Å². The predicted molar refractivity (Wildman–Crippen MR) is 92.4 cm³/mol. The number of aryl methyl sites for hydroxylation is 1. The second-order valence-corrected chi connectivity index (χ2v) is 6.71. The fourth-order valence-corrected chi connectivity index (χ4v) is 3.22. The first-order chi connectivity index (χ1) is 11.1. The molecule has 3 rings (SSSR count). The lowest BCUT2D eigenvalue weighted by molar-refractivity contribution is -0.134. The van der Waals surface area contributed by atoms with Crippen LogP contribution in [0, 0.1) is 0 Å². The number of nitrogens with zero attached hydrogens (tertiary/aromatic N) is 3. The number of halogens is 1. The molecule has 0 spiro atoms. The Morgan fingerprint density at radius 1 is 1.48 bits per heavy atom. The van der Waals surface area contributed by atoms with Gasteiger partial charge in [-0.15, -0.1) is 0 Å². The fourth-order valence-electron chi connectivity index (χ4n) is 2.86. The lowest BCUT2D eigenvalue weighted by Gasteiger charge is -2.34. The third-order valence-corrected chi connectivity index (χ3v) is 4.67. The number of fused-ring (bicyclic) bond motifs is 1. The second-order valence-electron chi connectivity index (χ2n) is 5.79. The van der Waals surface area contributed by atoms with Crippen LogP contribution in [0.15, 0.2) is 33.8 Å². The van der Waals surface area contributed by atoms with Gasteiger partial charge in [0.15, 0.2) is 0 Å². The predicted octanol–water partition coefficient (Wildman–Crippen LogP) is 1.37. The van der Waals surface area contributed by atoms with Crippen LogP contribution in [-0.2, 0) is 11.3 Å². The minimum atomic E-state index is -0.113. The van der Waals surface area contributed by atoms with E-state index in [2.05, 4.69) is 26.2 Å². The van der Waals surface area contributed by atoms with Crippen molar-refractivity contribution in [1.29, 1.82) is 0 Å². The monoisotopic (exact) mass is 378 g/mol. The van der Waals surface area contributed by atoms with Crippen LogP contribution in [0.2, 0.25) is 0 Å². The van der Waals surface area contributed by atoms with Gasteiger partial charge in [-0.25, -0.2) is 4.98 Å². The van der Waals surface area contributed by atoms with Crippen molar-refractivity contribution in [3.05, 3.63) is 39.4 Å². The molecule has 23 heavy (non-hydrogen) atoms. The van der Waals surface area contributed by atoms with Gasteiger partial charge in [-0.2, -0.15) is 0 Å². The van der Waals surface area contributed by atoms with Crippen LogP contribution in [0.3, 0.4) is 0 Å². The van der Waals surface area contributed by atoms with E-state index in [1.807, 2.05) is 17.9 Å². The van der Waals surface area contributed by atoms with Gasteiger partial charge in [0, 0.05) is 43.1 Å². The Morgan fingerprint density at radius 3 is 3.09 bits per heavy atom. The Bertz CT molecular complexity index is 789. The molecular formula is C16H19BrN4O2. The lowest BCUT2D eigenvalue weighted by Crippen LogP contribution is -2.52. The molecule has 2 heterocycles. The molecule has 1 unspecified atom stereocenters. The summed E-state index contributed by atoms with van der Waals surface area (Å²) in [6, 6.07) is 5.62. The maximum absolute atomic E-state index is 12.5. The summed E-state index contributed by atoms with van der Waals surface area (Å²) in [5.41, 5.74) is 0.550. The first-order valence-electron chi connectivity index (χ1n) is 7.71. The number of aromatic nitrogens is 2. The topological polar surface area (TPSA) is 67.2 Å². The minimum absolute atomic E-state index is 0.0836. The van der Waals surface area contributed by atoms with E-state index < -0.39 is 0 Å². The average molecular weight is 379 g/mol. The van der Waals surface area contributed by atoms with Crippen LogP contribution >= 0.6 is 15.9 Å². The smallest absolute Gasteiger partial charge is 0.261 e. The lowest BCUT2D eigenvalue weighted by atomic mass is 10.2. The first-order valence-corrected chi connectivity index (χ1v) is 8.50. The highest BCUT2D eigenvalue weighted by Crippen LogP contribution is 2.15. The van der Waals surface area contributed by atoms with Crippen LogP contribution in [0.1, 0.15) is 13.3 Å². The number of hydrogen-bond donors (Lipinski definition) is 1. The highest BCUT2D eigenvalue weighted by molar-refractivity contribution is 9.10. The van der Waals surface area contributed by atoms with Crippen molar-refractivity contribution in [1.82, 2.24) is 19.8 Å². The Morgan fingerprint density at radius 2 is 2.30 bits per heavy atom. The summed E-state index contributed by atoms with van der Waals surface area (Å²) in [6.45, 7) is 4.74. The van der Waals surface area contributed by atoms with Gasteiger partial charge in [0.1, 0.15) is 0 Å². The summed E-state index contributed by atoms with van der Waals surface area (Å²) in [6.07, 6.45) is 1.83. The van der Waals surface area contributed by atoms with Gasteiger partial charge in [-0.05, 0) is 25.1 Å². The number of rotatable bonds is 3. The molecule has 6 nitrogen and oxygen atoms in total. The summed E-state index contributed by atoms with van der Waals surface area (Å²) in [5, 5.41) is 3.82. The number of nitrogens with one attached hydrogen (secondary N) is 1. The van der Waals surface area contributed by atoms with Gasteiger partial charge in [0.2, 0.25) is 5.91 Å². The van der Waals surface area contributed by atoms with E-state index >= 15 is 0 Å². The molecule has 1 aliphatic heterocycles. The maximum atomic E-state index is 12.5. The number of hydrogen-bond acceptors (Lipinski definition) is 4. The van der Waals surface area contributed by atoms with Gasteiger partial charge in [-0.1, -0.05) is 15.9 Å². The summed E-state index contributed by atoms with van der Waals surface area (Å²) >= 11 is 3.37. The Labute approximate surface area is 142 Å². The second kappa shape index (κ2) is 6.80. The quantitative estimate of drug-likeness (QED) is 0.875. The molecule has 1 aromatic carbocycles. The highest BCUT2D eigenvalue weighted by Gasteiger charge is 2.22. The number of benzene rings is 1. The summed E-state index contributed by atoms with van der Waals surface area (Å²) in [4.78, 5) is 31.0. The van der Waals surface area contributed by atoms with Gasteiger partial charge >= 0.3 is 0 Å². The zero-order valence-electron chi connectivity index (χ0n) is 13.0. The van der Waals surface area contributed by atoms with Crippen molar-refractivity contribution in [2.75, 3.05) is 19.6 Å². The molecule has 2 aromatic rings. The van der Waals surface area contributed by atoms with E-state index in [0.29, 0.717) is 23.9 Å². The van der Waals surface area contributed by atoms with Crippen molar-refractivity contribution >= 4 is 32.7 Å². The van der Waals surface area contributed by atoms with Crippen LogP contribution in [0.5, 0.6) is 0 Å². The van der Waals surface area contributed by atoms with E-state index in [-0.39, 0.29) is 17.5 Å². The van der Waals surface area contributed by atoms with Gasteiger partial charge < -0.3 is 10.2 Å². The number of carbonyl (C=O) groups is 1. The molecule has 122 valence electrons. The Kier molecular flexibility index (Phi) is 4.77. The third-order valence-electron chi connectivity index (χ3n) is 4.17. The SMILES string of the molecule is CC1CNCCN1C(=O)CCn1cnc2ccc(Br)cc2c1=O. The molecule has 1 saturated heterocycles. The van der Waals surface area contributed by atoms with Gasteiger partial charge in [0.25, 0.3) is 5.56 Å². The third kappa shape index (κ3) is 3.45. The van der Waals surface area contributed by atoms with E-state index in [9.17, 15) is 9.59 Å². The normalized spacial score (nSPS) is 18.3. The van der Waals surface area contributed by atoms with E-state index in [0.717, 1.165) is 24.1 Å². The molecule has 1 aromatic heterocycles. The zero-order valence-corrected chi connectivity index (χ0v) is 14.5. The molecule has 0 radical (unpaired) electrons. The van der Waals surface area contributed by atoms with Crippen molar-refractivity contribution in [2.45, 2.75) is 25.9 Å². The summed E-state index contributed by atoms with van der Waals surface area (Å²) < 4.78 is 2.35. The van der Waals surface area contributed by atoms with E-state index in [1.165, 1.54) is 10.9 Å². The average Bonchev–Trinajstić information content (AvgIpc) is 2.55.